The maximum atomic E-state index is 11.7. The van der Waals surface area contributed by atoms with Gasteiger partial charge in [0.1, 0.15) is 5.82 Å². The predicted octanol–water partition coefficient (Wildman–Crippen LogP) is 4.30. The summed E-state index contributed by atoms with van der Waals surface area (Å²) in [4.78, 5) is 23.4. The SMILES string of the molecule is CCCCCCCCCC(=O)NC(=O)Nc1cccn1CC. The molecule has 0 fully saturated rings. The molecule has 5 nitrogen and oxygen atoms in total. The fourth-order valence-electron chi connectivity index (χ4n) is 2.38. The molecular formula is C17H29N3O2. The molecule has 5 heteroatoms. The Morgan fingerprint density at radius 3 is 2.41 bits per heavy atom. The molecule has 0 bridgehead atoms. The Kier molecular flexibility index (Phi) is 9.03. The number of anilines is 1. The molecule has 22 heavy (non-hydrogen) atoms. The van der Waals surface area contributed by atoms with Gasteiger partial charge in [-0.3, -0.25) is 15.4 Å². The van der Waals surface area contributed by atoms with E-state index >= 15 is 0 Å². The molecule has 0 radical (unpaired) electrons. The number of aromatic nitrogens is 1. The van der Waals surface area contributed by atoms with Crippen molar-refractivity contribution in [3.05, 3.63) is 18.3 Å². The van der Waals surface area contributed by atoms with Crippen LogP contribution in [0, 0.1) is 0 Å². The summed E-state index contributed by atoms with van der Waals surface area (Å²) in [6.45, 7) is 4.97. The first-order valence-corrected chi connectivity index (χ1v) is 8.43. The second-order valence-corrected chi connectivity index (χ2v) is 5.55. The number of aryl methyl sites for hydroxylation is 1. The van der Waals surface area contributed by atoms with Crippen molar-refractivity contribution in [2.45, 2.75) is 71.8 Å². The van der Waals surface area contributed by atoms with Gasteiger partial charge in [0, 0.05) is 19.2 Å². The zero-order chi connectivity index (χ0) is 16.2. The van der Waals surface area contributed by atoms with E-state index in [0.717, 1.165) is 19.4 Å². The van der Waals surface area contributed by atoms with Gasteiger partial charge in [-0.25, -0.2) is 4.79 Å². The molecule has 0 saturated carbocycles. The van der Waals surface area contributed by atoms with E-state index in [1.807, 2.05) is 29.8 Å². The topological polar surface area (TPSA) is 63.1 Å². The van der Waals surface area contributed by atoms with Crippen LogP contribution in [-0.2, 0) is 11.3 Å². The molecule has 1 aromatic rings. The number of urea groups is 1. The van der Waals surface area contributed by atoms with Gasteiger partial charge in [0.15, 0.2) is 0 Å². The summed E-state index contributed by atoms with van der Waals surface area (Å²) in [6, 6.07) is 3.21. The summed E-state index contributed by atoms with van der Waals surface area (Å²) in [5, 5.41) is 5.07. The second kappa shape index (κ2) is 10.9. The third kappa shape index (κ3) is 7.29. The number of rotatable bonds is 10. The Hall–Kier alpha value is -1.78. The molecule has 2 N–H and O–H groups in total. The molecular weight excluding hydrogens is 278 g/mol. The predicted molar refractivity (Wildman–Crippen MR) is 89.9 cm³/mol. The molecule has 124 valence electrons. The Morgan fingerprint density at radius 1 is 1.05 bits per heavy atom. The quantitative estimate of drug-likeness (QED) is 0.633. The molecule has 0 spiro atoms. The van der Waals surface area contributed by atoms with Gasteiger partial charge in [0.05, 0.1) is 0 Å². The highest BCUT2D eigenvalue weighted by atomic mass is 16.2. The smallest absolute Gasteiger partial charge is 0.326 e. The number of hydrogen-bond acceptors (Lipinski definition) is 2. The largest absolute Gasteiger partial charge is 0.335 e. The number of amides is 3. The van der Waals surface area contributed by atoms with Crippen molar-refractivity contribution in [3.63, 3.8) is 0 Å². The maximum Gasteiger partial charge on any atom is 0.326 e. The first-order chi connectivity index (χ1) is 10.7. The van der Waals surface area contributed by atoms with Crippen LogP contribution >= 0.6 is 0 Å². The summed E-state index contributed by atoms with van der Waals surface area (Å²) in [7, 11) is 0. The summed E-state index contributed by atoms with van der Waals surface area (Å²) in [5.74, 6) is 0.490. The molecule has 0 aliphatic carbocycles. The van der Waals surface area contributed by atoms with Crippen molar-refractivity contribution < 1.29 is 9.59 Å². The molecule has 0 saturated heterocycles. The van der Waals surface area contributed by atoms with Crippen LogP contribution in [0.25, 0.3) is 0 Å². The first-order valence-electron chi connectivity index (χ1n) is 8.43. The standard InChI is InChI=1S/C17H29N3O2/c1-3-5-6-7-8-9-10-13-16(21)19-17(22)18-15-12-11-14-20(15)4-2/h11-12,14H,3-10,13H2,1-2H3,(H2,18,19,21,22). The lowest BCUT2D eigenvalue weighted by molar-refractivity contribution is -0.120. The van der Waals surface area contributed by atoms with Crippen molar-refractivity contribution >= 4 is 17.8 Å². The van der Waals surface area contributed by atoms with Crippen LogP contribution in [0.4, 0.5) is 10.6 Å². The molecule has 0 aromatic carbocycles. The fraction of sp³-hybridized carbons (Fsp3) is 0.647. The highest BCUT2D eigenvalue weighted by Gasteiger charge is 2.09. The fourth-order valence-corrected chi connectivity index (χ4v) is 2.38. The van der Waals surface area contributed by atoms with Crippen LogP contribution < -0.4 is 10.6 Å². The number of hydrogen-bond donors (Lipinski definition) is 2. The third-order valence-electron chi connectivity index (χ3n) is 3.67. The van der Waals surface area contributed by atoms with E-state index < -0.39 is 6.03 Å². The highest BCUT2D eigenvalue weighted by molar-refractivity contribution is 6.00. The summed E-state index contributed by atoms with van der Waals surface area (Å²) in [5.41, 5.74) is 0. The maximum absolute atomic E-state index is 11.7. The minimum Gasteiger partial charge on any atom is -0.335 e. The number of unbranched alkanes of at least 4 members (excludes halogenated alkanes) is 6. The van der Waals surface area contributed by atoms with Crippen molar-refractivity contribution in [3.8, 4) is 0 Å². The van der Waals surface area contributed by atoms with Gasteiger partial charge in [0.25, 0.3) is 0 Å². The molecule has 1 heterocycles. The van der Waals surface area contributed by atoms with Crippen LogP contribution in [0.5, 0.6) is 0 Å². The average molecular weight is 307 g/mol. The lowest BCUT2D eigenvalue weighted by Gasteiger charge is -2.09. The normalized spacial score (nSPS) is 10.5. The molecule has 3 amide bonds. The Balaban J connectivity index is 2.12. The lowest BCUT2D eigenvalue weighted by Crippen LogP contribution is -2.34. The van der Waals surface area contributed by atoms with Crippen molar-refractivity contribution in [1.29, 1.82) is 0 Å². The molecule has 1 rings (SSSR count). The van der Waals surface area contributed by atoms with Crippen LogP contribution in [0.1, 0.15) is 65.2 Å². The number of carbonyl (C=O) groups is 2. The van der Waals surface area contributed by atoms with Gasteiger partial charge >= 0.3 is 6.03 Å². The Bertz CT molecular complexity index is 455. The van der Waals surface area contributed by atoms with Gasteiger partial charge in [-0.05, 0) is 25.5 Å². The van der Waals surface area contributed by atoms with Gasteiger partial charge < -0.3 is 4.57 Å². The van der Waals surface area contributed by atoms with Crippen molar-refractivity contribution in [1.82, 2.24) is 9.88 Å². The van der Waals surface area contributed by atoms with Crippen LogP contribution in [0.3, 0.4) is 0 Å². The van der Waals surface area contributed by atoms with Crippen LogP contribution in [0.15, 0.2) is 18.3 Å². The molecule has 0 aliphatic heterocycles. The van der Waals surface area contributed by atoms with Crippen molar-refractivity contribution in [2.75, 3.05) is 5.32 Å². The molecule has 0 aliphatic rings. The van der Waals surface area contributed by atoms with Crippen LogP contribution in [0.2, 0.25) is 0 Å². The molecule has 1 aromatic heterocycles. The van der Waals surface area contributed by atoms with Gasteiger partial charge in [-0.2, -0.15) is 0 Å². The van der Waals surface area contributed by atoms with E-state index in [9.17, 15) is 9.59 Å². The molecule has 0 unspecified atom stereocenters. The Morgan fingerprint density at radius 2 is 1.73 bits per heavy atom. The summed E-state index contributed by atoms with van der Waals surface area (Å²) < 4.78 is 1.90. The molecule has 0 atom stereocenters. The third-order valence-corrected chi connectivity index (χ3v) is 3.67. The van der Waals surface area contributed by atoms with E-state index in [1.165, 1.54) is 32.1 Å². The van der Waals surface area contributed by atoms with Gasteiger partial charge in [-0.15, -0.1) is 0 Å². The van der Waals surface area contributed by atoms with Crippen LogP contribution in [-0.4, -0.2) is 16.5 Å². The zero-order valence-corrected chi connectivity index (χ0v) is 13.9. The summed E-state index contributed by atoms with van der Waals surface area (Å²) >= 11 is 0. The monoisotopic (exact) mass is 307 g/mol. The lowest BCUT2D eigenvalue weighted by atomic mass is 10.1. The van der Waals surface area contributed by atoms with E-state index in [4.69, 9.17) is 0 Å². The number of imide groups is 1. The average Bonchev–Trinajstić information content (AvgIpc) is 2.93. The van der Waals surface area contributed by atoms with E-state index in [1.54, 1.807) is 0 Å². The number of nitrogens with zero attached hydrogens (tertiary/aromatic N) is 1. The van der Waals surface area contributed by atoms with E-state index in [-0.39, 0.29) is 5.91 Å². The van der Waals surface area contributed by atoms with Gasteiger partial charge in [-0.1, -0.05) is 45.4 Å². The summed E-state index contributed by atoms with van der Waals surface area (Å²) in [6.07, 6.45) is 10.4. The highest BCUT2D eigenvalue weighted by Crippen LogP contribution is 2.09. The first kappa shape index (κ1) is 18.3. The van der Waals surface area contributed by atoms with E-state index in [0.29, 0.717) is 12.2 Å². The number of carbonyl (C=O) groups excluding carboxylic acids is 2. The van der Waals surface area contributed by atoms with Gasteiger partial charge in [0.2, 0.25) is 5.91 Å². The minimum atomic E-state index is -0.457. The Labute approximate surface area is 133 Å². The second-order valence-electron chi connectivity index (χ2n) is 5.55. The van der Waals surface area contributed by atoms with E-state index in [2.05, 4.69) is 17.6 Å². The minimum absolute atomic E-state index is 0.208. The zero-order valence-electron chi connectivity index (χ0n) is 13.9. The number of nitrogens with one attached hydrogen (secondary N) is 2. The van der Waals surface area contributed by atoms with Crippen molar-refractivity contribution in [2.24, 2.45) is 0 Å².